The maximum Gasteiger partial charge on any atom is 0.306 e. The molecule has 0 aliphatic carbocycles. The molecule has 0 aliphatic rings. The minimum atomic E-state index is -3.66. The highest BCUT2D eigenvalue weighted by atomic mass is 32.2. The van der Waals surface area contributed by atoms with Crippen LogP contribution in [-0.4, -0.2) is 24.8 Å². The average Bonchev–Trinajstić information content (AvgIpc) is 2.51. The van der Waals surface area contributed by atoms with Crippen LogP contribution in [0.2, 0.25) is 0 Å². The number of thiazole rings is 1. The fraction of sp³-hybridized carbons (Fsp3) is 0.125. The summed E-state index contributed by atoms with van der Waals surface area (Å²) in [5.41, 5.74) is 0.177. The van der Waals surface area contributed by atoms with E-state index in [1.54, 1.807) is 0 Å². The first-order valence-corrected chi connectivity index (χ1v) is 6.74. The van der Waals surface area contributed by atoms with Crippen LogP contribution in [0.3, 0.4) is 0 Å². The summed E-state index contributed by atoms with van der Waals surface area (Å²) < 4.78 is 26.9. The Kier molecular flexibility index (Phi) is 2.39. The predicted molar refractivity (Wildman–Crippen MR) is 59.6 cm³/mol. The molecule has 0 amide bonds. The minimum Gasteiger partial charge on any atom is -0.506 e. The third-order valence-corrected chi connectivity index (χ3v) is 3.14. The molecule has 86 valence electrons. The van der Waals surface area contributed by atoms with Gasteiger partial charge < -0.3 is 14.3 Å². The number of aromatic hydroxyl groups is 1. The van der Waals surface area contributed by atoms with E-state index in [1.165, 1.54) is 12.1 Å². The van der Waals surface area contributed by atoms with Crippen molar-refractivity contribution in [1.29, 1.82) is 0 Å². The maximum absolute atomic E-state index is 11.1. The summed E-state index contributed by atoms with van der Waals surface area (Å²) in [4.78, 5) is 13.1. The summed E-state index contributed by atoms with van der Waals surface area (Å²) in [5.74, 6) is -0.104. The van der Waals surface area contributed by atoms with Gasteiger partial charge in [0.25, 0.3) is 0 Å². The van der Waals surface area contributed by atoms with Crippen molar-refractivity contribution in [3.05, 3.63) is 21.8 Å². The molecule has 1 heterocycles. The number of phenols is 1. The largest absolute Gasteiger partial charge is 0.506 e. The highest BCUT2D eigenvalue weighted by molar-refractivity contribution is 7.86. The number of phenolic OH excluding ortho intramolecular Hbond substituents is 1. The topological polar surface area (TPSA) is 96.5 Å². The van der Waals surface area contributed by atoms with E-state index >= 15 is 0 Å². The lowest BCUT2D eigenvalue weighted by molar-refractivity contribution is 0.476. The number of aromatic amines is 1. The standard InChI is InChI=1S/C8H7NO5S2/c1-16(12,13)14-5-3-2-4(10)6-7(5)15-8(11)9-6/h2-3,10H,1H3,(H,9,11). The van der Waals surface area contributed by atoms with Crippen molar-refractivity contribution in [2.24, 2.45) is 0 Å². The molecular weight excluding hydrogens is 254 g/mol. The highest BCUT2D eigenvalue weighted by Gasteiger charge is 2.14. The van der Waals surface area contributed by atoms with Gasteiger partial charge in [-0.05, 0) is 12.1 Å². The molecule has 0 saturated carbocycles. The summed E-state index contributed by atoms with van der Waals surface area (Å²) >= 11 is 0.773. The Hall–Kier alpha value is -1.54. The number of benzene rings is 1. The monoisotopic (exact) mass is 261 g/mol. The Labute approximate surface area is 94.2 Å². The summed E-state index contributed by atoms with van der Waals surface area (Å²) in [6.45, 7) is 0. The number of H-pyrrole nitrogens is 1. The van der Waals surface area contributed by atoms with Crippen LogP contribution in [0.1, 0.15) is 0 Å². The zero-order chi connectivity index (χ0) is 11.9. The molecule has 0 radical (unpaired) electrons. The molecule has 0 unspecified atom stereocenters. The molecule has 0 fully saturated rings. The Bertz CT molecular complexity index is 697. The van der Waals surface area contributed by atoms with Gasteiger partial charge in [-0.1, -0.05) is 11.3 Å². The lowest BCUT2D eigenvalue weighted by atomic mass is 10.3. The molecule has 0 aliphatic heterocycles. The molecule has 2 rings (SSSR count). The molecule has 2 N–H and O–H groups in total. The first-order chi connectivity index (χ1) is 7.37. The average molecular weight is 261 g/mol. The van der Waals surface area contributed by atoms with Crippen LogP contribution < -0.4 is 9.06 Å². The fourth-order valence-electron chi connectivity index (χ4n) is 1.22. The van der Waals surface area contributed by atoms with E-state index in [0.717, 1.165) is 17.6 Å². The first-order valence-electron chi connectivity index (χ1n) is 4.11. The normalized spacial score (nSPS) is 11.8. The van der Waals surface area contributed by atoms with Gasteiger partial charge in [0.05, 0.1) is 6.26 Å². The van der Waals surface area contributed by atoms with Gasteiger partial charge in [-0.25, -0.2) is 0 Å². The summed E-state index contributed by atoms with van der Waals surface area (Å²) in [6.07, 6.45) is 0.904. The van der Waals surface area contributed by atoms with Gasteiger partial charge in [0.15, 0.2) is 5.75 Å². The lowest BCUT2D eigenvalue weighted by Gasteiger charge is -2.03. The third kappa shape index (κ3) is 2.02. The molecule has 1 aromatic carbocycles. The van der Waals surface area contributed by atoms with Crippen molar-refractivity contribution in [2.75, 3.05) is 6.26 Å². The van der Waals surface area contributed by atoms with E-state index in [-0.39, 0.29) is 21.7 Å². The van der Waals surface area contributed by atoms with Crippen LogP contribution in [0.25, 0.3) is 10.2 Å². The van der Waals surface area contributed by atoms with Crippen molar-refractivity contribution < 1.29 is 17.7 Å². The number of hydrogen-bond donors (Lipinski definition) is 2. The van der Waals surface area contributed by atoms with Crippen molar-refractivity contribution in [1.82, 2.24) is 4.98 Å². The van der Waals surface area contributed by atoms with Gasteiger partial charge >= 0.3 is 15.0 Å². The Balaban J connectivity index is 2.72. The molecule has 16 heavy (non-hydrogen) atoms. The maximum atomic E-state index is 11.1. The summed E-state index contributed by atoms with van der Waals surface area (Å²) in [6, 6.07) is 2.55. The molecule has 0 bridgehead atoms. The molecular formula is C8H7NO5S2. The van der Waals surface area contributed by atoms with Crippen molar-refractivity contribution in [3.8, 4) is 11.5 Å². The number of rotatable bonds is 2. The van der Waals surface area contributed by atoms with E-state index in [4.69, 9.17) is 4.18 Å². The van der Waals surface area contributed by atoms with Gasteiger partial charge in [-0.15, -0.1) is 0 Å². The molecule has 8 heteroatoms. The van der Waals surface area contributed by atoms with Gasteiger partial charge in [0.2, 0.25) is 0 Å². The summed E-state index contributed by atoms with van der Waals surface area (Å²) in [5, 5.41) is 9.44. The van der Waals surface area contributed by atoms with Gasteiger partial charge in [0, 0.05) is 0 Å². The van der Waals surface area contributed by atoms with Crippen LogP contribution in [0, 0.1) is 0 Å². The predicted octanol–water partition coefficient (Wildman–Crippen LogP) is 0.634. The van der Waals surface area contributed by atoms with E-state index in [0.29, 0.717) is 0 Å². The Morgan fingerprint density at radius 2 is 2.12 bits per heavy atom. The third-order valence-electron chi connectivity index (χ3n) is 1.76. The van der Waals surface area contributed by atoms with Gasteiger partial charge in [0.1, 0.15) is 16.0 Å². The van der Waals surface area contributed by atoms with Crippen LogP contribution in [0.5, 0.6) is 11.5 Å². The van der Waals surface area contributed by atoms with Crippen molar-refractivity contribution in [3.63, 3.8) is 0 Å². The van der Waals surface area contributed by atoms with Crippen molar-refractivity contribution in [2.45, 2.75) is 0 Å². The smallest absolute Gasteiger partial charge is 0.306 e. The number of aromatic nitrogens is 1. The molecule has 1 aromatic heterocycles. The SMILES string of the molecule is CS(=O)(=O)Oc1ccc(O)c2[nH]c(=O)sc12. The highest BCUT2D eigenvalue weighted by Crippen LogP contribution is 2.33. The fourth-order valence-corrected chi connectivity index (χ4v) is 2.55. The van der Waals surface area contributed by atoms with E-state index in [9.17, 15) is 18.3 Å². The summed E-state index contributed by atoms with van der Waals surface area (Å²) in [7, 11) is -3.66. The van der Waals surface area contributed by atoms with Gasteiger partial charge in [-0.3, -0.25) is 4.79 Å². The zero-order valence-electron chi connectivity index (χ0n) is 8.05. The first kappa shape index (κ1) is 11.0. The number of nitrogens with one attached hydrogen (secondary N) is 1. The van der Waals surface area contributed by atoms with Crippen LogP contribution >= 0.6 is 11.3 Å². The minimum absolute atomic E-state index is 0.0265. The van der Waals surface area contributed by atoms with E-state index in [1.807, 2.05) is 0 Å². The van der Waals surface area contributed by atoms with Crippen molar-refractivity contribution >= 4 is 31.7 Å². The second kappa shape index (κ2) is 3.49. The number of fused-ring (bicyclic) bond motifs is 1. The Morgan fingerprint density at radius 1 is 1.44 bits per heavy atom. The van der Waals surface area contributed by atoms with Gasteiger partial charge in [-0.2, -0.15) is 8.42 Å². The Morgan fingerprint density at radius 3 is 2.75 bits per heavy atom. The van der Waals surface area contributed by atoms with E-state index in [2.05, 4.69) is 4.98 Å². The van der Waals surface area contributed by atoms with Crippen LogP contribution in [-0.2, 0) is 10.1 Å². The molecule has 6 nitrogen and oxygen atoms in total. The number of hydrogen-bond acceptors (Lipinski definition) is 6. The molecule has 2 aromatic rings. The van der Waals surface area contributed by atoms with Crippen LogP contribution in [0.4, 0.5) is 0 Å². The molecule has 0 atom stereocenters. The molecule has 0 saturated heterocycles. The zero-order valence-corrected chi connectivity index (χ0v) is 9.68. The quantitative estimate of drug-likeness (QED) is 0.773. The molecule has 0 spiro atoms. The second-order valence-electron chi connectivity index (χ2n) is 3.09. The van der Waals surface area contributed by atoms with E-state index < -0.39 is 15.0 Å². The lowest BCUT2D eigenvalue weighted by Crippen LogP contribution is -2.05. The second-order valence-corrected chi connectivity index (χ2v) is 5.65. The van der Waals surface area contributed by atoms with Crippen LogP contribution in [0.15, 0.2) is 16.9 Å².